The highest BCUT2D eigenvalue weighted by Crippen LogP contribution is 1.97. The van der Waals surface area contributed by atoms with Gasteiger partial charge in [0.05, 0.1) is 13.0 Å². The number of guanidine groups is 1. The van der Waals surface area contributed by atoms with Gasteiger partial charge in [0.25, 0.3) is 0 Å². The smallest absolute Gasteiger partial charge is 0.321 e. The van der Waals surface area contributed by atoms with Gasteiger partial charge in [-0.3, -0.25) is 24.6 Å². The molecule has 0 saturated carbocycles. The molecule has 27 heavy (non-hydrogen) atoms. The van der Waals surface area contributed by atoms with Gasteiger partial charge in [-0.1, -0.05) is 0 Å². The van der Waals surface area contributed by atoms with E-state index in [1.54, 1.807) is 0 Å². The average Bonchev–Trinajstić information content (AvgIpc) is 2.54. The Bertz CT molecular complexity index is 487. The van der Waals surface area contributed by atoms with Gasteiger partial charge in [0, 0.05) is 6.54 Å². The highest BCUT2D eigenvalue weighted by Gasteiger charge is 2.14. The molecule has 0 aliphatic rings. The van der Waals surface area contributed by atoms with E-state index in [0.717, 1.165) is 6.42 Å². The van der Waals surface area contributed by atoms with Crippen molar-refractivity contribution < 1.29 is 39.6 Å². The first-order chi connectivity index (χ1) is 12.3. The van der Waals surface area contributed by atoms with Gasteiger partial charge in [-0.15, -0.1) is 0 Å². The maximum atomic E-state index is 10.3. The summed E-state index contributed by atoms with van der Waals surface area (Å²) >= 11 is 0. The third-order valence-electron chi connectivity index (χ3n) is 2.46. The summed E-state index contributed by atoms with van der Waals surface area (Å²) in [5, 5.41) is 41.5. The number of rotatable bonds is 10. The lowest BCUT2D eigenvalue weighted by molar-refractivity contribution is -0.144. The van der Waals surface area contributed by atoms with E-state index >= 15 is 0 Å². The van der Waals surface area contributed by atoms with E-state index in [2.05, 4.69) is 11.1 Å². The zero-order valence-electron chi connectivity index (χ0n) is 14.6. The molecule has 0 aliphatic carbocycles. The van der Waals surface area contributed by atoms with Crippen LogP contribution in [0.25, 0.3) is 0 Å². The lowest BCUT2D eigenvalue weighted by Crippen LogP contribution is -2.32. The number of hydrogen-bond donors (Lipinski definition) is 10. The van der Waals surface area contributed by atoms with Crippen LogP contribution in [0.2, 0.25) is 0 Å². The monoisotopic (exact) mass is 396 g/mol. The maximum Gasteiger partial charge on any atom is 0.321 e. The van der Waals surface area contributed by atoms with Crippen molar-refractivity contribution in [1.29, 1.82) is 5.41 Å². The standard InChI is InChI=1S/C7H16N4O2.C4H7NO4.C2H5NO2/c8-5(6(12)13)3-1-2-4-11-7(9)10;5-2(4(8)9)1-3(6)7;3-1-2(4)5/h5H,1-4,8H2,(H,12,13)(H4,9,10,11);2H,1,5H2,(H,6,7)(H,8,9);1,3H2,(H,4,5)/t5-;2-;/m00./s1. The predicted octanol–water partition coefficient (Wildman–Crippen LogP) is -3.05. The van der Waals surface area contributed by atoms with E-state index in [1.807, 2.05) is 0 Å². The summed E-state index contributed by atoms with van der Waals surface area (Å²) in [6, 6.07) is -2.07. The van der Waals surface area contributed by atoms with Crippen molar-refractivity contribution in [1.82, 2.24) is 5.32 Å². The average molecular weight is 396 g/mol. The van der Waals surface area contributed by atoms with Gasteiger partial charge in [0.15, 0.2) is 5.96 Å². The lowest BCUT2D eigenvalue weighted by atomic mass is 10.1. The lowest BCUT2D eigenvalue weighted by Gasteiger charge is -2.06. The van der Waals surface area contributed by atoms with Gasteiger partial charge in [-0.25, -0.2) is 0 Å². The van der Waals surface area contributed by atoms with Gasteiger partial charge in [0.1, 0.15) is 12.1 Å². The van der Waals surface area contributed by atoms with Crippen LogP contribution in [0.3, 0.4) is 0 Å². The second-order valence-corrected chi connectivity index (χ2v) is 4.92. The fourth-order valence-corrected chi connectivity index (χ4v) is 1.11. The fraction of sp³-hybridized carbons (Fsp3) is 0.615. The van der Waals surface area contributed by atoms with Crippen LogP contribution in [0.1, 0.15) is 25.7 Å². The molecule has 158 valence electrons. The Morgan fingerprint density at radius 3 is 1.59 bits per heavy atom. The first-order valence-electron chi connectivity index (χ1n) is 7.53. The molecule has 0 amide bonds. The molecule has 0 aromatic rings. The summed E-state index contributed by atoms with van der Waals surface area (Å²) in [6.07, 6.45) is 1.40. The minimum atomic E-state index is -1.29. The molecule has 0 saturated heterocycles. The van der Waals surface area contributed by atoms with Crippen molar-refractivity contribution in [2.75, 3.05) is 13.1 Å². The first kappa shape index (κ1) is 28.8. The van der Waals surface area contributed by atoms with Crippen LogP contribution in [-0.4, -0.2) is 75.4 Å². The third-order valence-corrected chi connectivity index (χ3v) is 2.46. The van der Waals surface area contributed by atoms with Crippen LogP contribution in [0.5, 0.6) is 0 Å². The highest BCUT2D eigenvalue weighted by atomic mass is 16.4. The molecule has 0 radical (unpaired) electrons. The fourth-order valence-electron chi connectivity index (χ4n) is 1.11. The maximum absolute atomic E-state index is 10.3. The van der Waals surface area contributed by atoms with Crippen molar-refractivity contribution >= 4 is 29.8 Å². The van der Waals surface area contributed by atoms with Gasteiger partial charge < -0.3 is 48.7 Å². The van der Waals surface area contributed by atoms with Gasteiger partial charge >= 0.3 is 23.9 Å². The molecular weight excluding hydrogens is 368 g/mol. The Hall–Kier alpha value is -2.97. The second kappa shape index (κ2) is 17.8. The summed E-state index contributed by atoms with van der Waals surface area (Å²) in [4.78, 5) is 39.1. The molecule has 0 fully saturated rings. The Morgan fingerprint density at radius 2 is 1.33 bits per heavy atom. The van der Waals surface area contributed by atoms with Crippen LogP contribution >= 0.6 is 0 Å². The highest BCUT2D eigenvalue weighted by molar-refractivity contribution is 5.80. The minimum Gasteiger partial charge on any atom is -0.481 e. The van der Waals surface area contributed by atoms with E-state index in [0.29, 0.717) is 19.4 Å². The number of nitrogens with one attached hydrogen (secondary N) is 2. The van der Waals surface area contributed by atoms with Crippen LogP contribution in [0, 0.1) is 5.41 Å². The van der Waals surface area contributed by atoms with Crippen LogP contribution in [0.15, 0.2) is 0 Å². The quantitative estimate of drug-likeness (QED) is 0.0998. The normalized spacial score (nSPS) is 11.4. The van der Waals surface area contributed by atoms with E-state index in [9.17, 15) is 19.2 Å². The number of carbonyl (C=O) groups is 4. The molecule has 14 nitrogen and oxygen atoms in total. The van der Waals surface area contributed by atoms with Gasteiger partial charge in [-0.2, -0.15) is 0 Å². The molecule has 2 atom stereocenters. The molecule has 0 spiro atoms. The van der Waals surface area contributed by atoms with Crippen LogP contribution in [-0.2, 0) is 19.2 Å². The molecule has 0 aliphatic heterocycles. The Balaban J connectivity index is -0.000000356. The number of unbranched alkanes of at least 4 members (excludes halogenated alkanes) is 1. The molecule has 0 unspecified atom stereocenters. The van der Waals surface area contributed by atoms with Crippen molar-refractivity contribution in [2.45, 2.75) is 37.8 Å². The second-order valence-electron chi connectivity index (χ2n) is 4.92. The van der Waals surface area contributed by atoms with Crippen molar-refractivity contribution in [3.63, 3.8) is 0 Å². The molecular formula is C13H28N6O8. The number of nitrogens with two attached hydrogens (primary N) is 4. The number of aliphatic carboxylic acids is 4. The molecule has 14 N–H and O–H groups in total. The largest absolute Gasteiger partial charge is 0.481 e. The zero-order valence-corrected chi connectivity index (χ0v) is 14.6. The summed E-state index contributed by atoms with van der Waals surface area (Å²) < 4.78 is 0. The molecule has 0 aromatic heterocycles. The topological polar surface area (TPSA) is 289 Å². The predicted molar refractivity (Wildman–Crippen MR) is 93.9 cm³/mol. The number of carboxylic acid groups (broad SMARTS) is 4. The van der Waals surface area contributed by atoms with Crippen molar-refractivity contribution in [3.05, 3.63) is 0 Å². The molecule has 0 aromatic carbocycles. The summed E-state index contributed by atoms with van der Waals surface area (Å²) in [7, 11) is 0. The molecule has 0 heterocycles. The van der Waals surface area contributed by atoms with Gasteiger partial charge in [-0.05, 0) is 19.3 Å². The van der Waals surface area contributed by atoms with Crippen molar-refractivity contribution in [3.8, 4) is 0 Å². The SMILES string of the molecule is N=C(N)NCCCC[C@H](N)C(=O)O.NCC(=O)O.N[C@@H](CC(=O)O)C(=O)O. The number of hydrogen-bond acceptors (Lipinski definition) is 8. The Kier molecular flexibility index (Phi) is 19.0. The summed E-state index contributed by atoms with van der Waals surface area (Å²) in [5.41, 5.74) is 19.7. The zero-order chi connectivity index (χ0) is 22.0. The summed E-state index contributed by atoms with van der Waals surface area (Å²) in [5.74, 6) is -4.51. The molecule has 0 bridgehead atoms. The first-order valence-corrected chi connectivity index (χ1v) is 7.53. The van der Waals surface area contributed by atoms with Crippen molar-refractivity contribution in [2.24, 2.45) is 22.9 Å². The van der Waals surface area contributed by atoms with E-state index in [4.69, 9.17) is 43.0 Å². The van der Waals surface area contributed by atoms with E-state index in [1.165, 1.54) is 0 Å². The third kappa shape index (κ3) is 28.1. The Labute approximate surface area is 155 Å². The molecule has 14 heteroatoms. The minimum absolute atomic E-state index is 0.0671. The van der Waals surface area contributed by atoms with E-state index in [-0.39, 0.29) is 12.5 Å². The van der Waals surface area contributed by atoms with Crippen LogP contribution in [0.4, 0.5) is 0 Å². The summed E-state index contributed by atoms with van der Waals surface area (Å²) in [6.45, 7) is 0.307. The number of carboxylic acids is 4. The molecule has 0 rings (SSSR count). The van der Waals surface area contributed by atoms with E-state index < -0.39 is 42.4 Å². The Morgan fingerprint density at radius 1 is 0.889 bits per heavy atom. The van der Waals surface area contributed by atoms with Crippen LogP contribution < -0.4 is 28.3 Å². The van der Waals surface area contributed by atoms with Gasteiger partial charge in [0.2, 0.25) is 0 Å².